The molecule has 2 aromatic rings. The van der Waals surface area contributed by atoms with Crippen LogP contribution in [0, 0.1) is 0 Å². The summed E-state index contributed by atoms with van der Waals surface area (Å²) in [5, 5.41) is 16.2. The van der Waals surface area contributed by atoms with Gasteiger partial charge in [0, 0.05) is 13.1 Å². The van der Waals surface area contributed by atoms with Crippen LogP contribution in [0.4, 0.5) is 5.69 Å². The molecule has 0 saturated carbocycles. The third-order valence-electron chi connectivity index (χ3n) is 4.26. The van der Waals surface area contributed by atoms with Crippen LogP contribution in [0.2, 0.25) is 0 Å². The Morgan fingerprint density at radius 2 is 1.67 bits per heavy atom. The van der Waals surface area contributed by atoms with Crippen LogP contribution in [0.25, 0.3) is 0 Å². The average Bonchev–Trinajstić information content (AvgIpc) is 2.63. The molecule has 1 saturated heterocycles. The zero-order valence-corrected chi connectivity index (χ0v) is 14.1. The van der Waals surface area contributed by atoms with Gasteiger partial charge in [0.05, 0.1) is 31.6 Å². The van der Waals surface area contributed by atoms with Crippen LogP contribution in [0.1, 0.15) is 12.5 Å². The van der Waals surface area contributed by atoms with Crippen molar-refractivity contribution in [2.24, 2.45) is 5.10 Å². The predicted octanol–water partition coefficient (Wildman–Crippen LogP) is 2.95. The summed E-state index contributed by atoms with van der Waals surface area (Å²) < 4.78 is 5.45. The molecule has 1 N–H and O–H groups in total. The molecule has 0 bridgehead atoms. The highest BCUT2D eigenvalue weighted by Gasteiger charge is 2.18. The Kier molecular flexibility index (Phi) is 4.89. The van der Waals surface area contributed by atoms with Gasteiger partial charge in [-0.05, 0) is 48.9 Å². The number of anilines is 1. The first-order valence-corrected chi connectivity index (χ1v) is 8.15. The first-order valence-electron chi connectivity index (χ1n) is 8.15. The van der Waals surface area contributed by atoms with E-state index in [0.29, 0.717) is 0 Å². The van der Waals surface area contributed by atoms with E-state index in [2.05, 4.69) is 16.0 Å². The van der Waals surface area contributed by atoms with Gasteiger partial charge in [0.2, 0.25) is 0 Å². The van der Waals surface area contributed by atoms with E-state index in [1.807, 2.05) is 37.3 Å². The molecule has 1 aliphatic rings. The molecule has 24 heavy (non-hydrogen) atoms. The van der Waals surface area contributed by atoms with Gasteiger partial charge >= 0.3 is 0 Å². The molecule has 0 unspecified atom stereocenters. The maximum atomic E-state index is 9.37. The van der Waals surface area contributed by atoms with Crippen LogP contribution in [-0.4, -0.2) is 49.1 Å². The Morgan fingerprint density at radius 3 is 2.33 bits per heavy atom. The molecule has 3 rings (SSSR count). The van der Waals surface area contributed by atoms with E-state index >= 15 is 0 Å². The second-order valence-electron chi connectivity index (χ2n) is 5.84. The molecule has 0 aromatic heterocycles. The molecule has 1 fully saturated rings. The fourth-order valence-corrected chi connectivity index (χ4v) is 2.90. The molecule has 2 aromatic carbocycles. The lowest BCUT2D eigenvalue weighted by atomic mass is 10.1. The minimum Gasteiger partial charge on any atom is -0.508 e. The summed E-state index contributed by atoms with van der Waals surface area (Å²) in [4.78, 5) is 2.33. The highest BCUT2D eigenvalue weighted by atomic mass is 16.5. The molecule has 0 radical (unpaired) electrons. The Labute approximate surface area is 142 Å². The van der Waals surface area contributed by atoms with Crippen molar-refractivity contribution in [2.45, 2.75) is 6.92 Å². The van der Waals surface area contributed by atoms with Gasteiger partial charge in [0.15, 0.2) is 0 Å². The predicted molar refractivity (Wildman–Crippen MR) is 97.1 cm³/mol. The Morgan fingerprint density at radius 1 is 1.00 bits per heavy atom. The maximum Gasteiger partial charge on any atom is 0.142 e. The number of hydrogen-bond donors (Lipinski definition) is 1. The zero-order valence-electron chi connectivity index (χ0n) is 14.1. The molecule has 5 heteroatoms. The van der Waals surface area contributed by atoms with Crippen LogP contribution in [-0.2, 0) is 0 Å². The van der Waals surface area contributed by atoms with Crippen molar-refractivity contribution in [3.05, 3.63) is 54.1 Å². The number of nitrogens with zero attached hydrogens (tertiary/aromatic N) is 3. The van der Waals surface area contributed by atoms with E-state index in [-0.39, 0.29) is 5.75 Å². The molecule has 0 aliphatic carbocycles. The fraction of sp³-hybridized carbons (Fsp3) is 0.316. The number of methoxy groups -OCH3 is 1. The first kappa shape index (κ1) is 16.2. The van der Waals surface area contributed by atoms with Crippen LogP contribution in [0.15, 0.2) is 53.6 Å². The summed E-state index contributed by atoms with van der Waals surface area (Å²) in [6.45, 7) is 5.55. The third kappa shape index (κ3) is 3.62. The van der Waals surface area contributed by atoms with Crippen LogP contribution in [0.5, 0.6) is 11.5 Å². The molecule has 126 valence electrons. The minimum atomic E-state index is 0.275. The number of aromatic hydroxyl groups is 1. The fourth-order valence-electron chi connectivity index (χ4n) is 2.90. The van der Waals surface area contributed by atoms with Gasteiger partial charge in [-0.25, -0.2) is 0 Å². The van der Waals surface area contributed by atoms with Crippen LogP contribution >= 0.6 is 0 Å². The van der Waals surface area contributed by atoms with Crippen molar-refractivity contribution in [1.82, 2.24) is 5.01 Å². The zero-order chi connectivity index (χ0) is 16.9. The third-order valence-corrected chi connectivity index (χ3v) is 4.26. The number of ether oxygens (including phenoxy) is 1. The highest BCUT2D eigenvalue weighted by molar-refractivity contribution is 5.98. The maximum absolute atomic E-state index is 9.37. The molecular formula is C19H23N3O2. The number of phenols is 1. The van der Waals surface area contributed by atoms with E-state index in [1.165, 1.54) is 0 Å². The van der Waals surface area contributed by atoms with Crippen LogP contribution < -0.4 is 9.64 Å². The van der Waals surface area contributed by atoms with Gasteiger partial charge < -0.3 is 14.7 Å². The lowest BCUT2D eigenvalue weighted by Crippen LogP contribution is -2.44. The number of para-hydroxylation sites is 2. The normalized spacial score (nSPS) is 15.5. The number of hydrazone groups is 1. The van der Waals surface area contributed by atoms with E-state index < -0.39 is 0 Å². The van der Waals surface area contributed by atoms with E-state index in [0.717, 1.165) is 48.9 Å². The van der Waals surface area contributed by atoms with Crippen molar-refractivity contribution in [2.75, 3.05) is 38.2 Å². The summed E-state index contributed by atoms with van der Waals surface area (Å²) >= 11 is 0. The molecule has 0 atom stereocenters. The smallest absolute Gasteiger partial charge is 0.142 e. The van der Waals surface area contributed by atoms with Gasteiger partial charge in [0.25, 0.3) is 0 Å². The van der Waals surface area contributed by atoms with Gasteiger partial charge in [-0.3, -0.25) is 5.01 Å². The van der Waals surface area contributed by atoms with Crippen molar-refractivity contribution in [1.29, 1.82) is 0 Å². The number of piperazine rings is 1. The number of benzene rings is 2. The number of hydrogen-bond acceptors (Lipinski definition) is 5. The van der Waals surface area contributed by atoms with E-state index in [4.69, 9.17) is 9.84 Å². The summed E-state index contributed by atoms with van der Waals surface area (Å²) in [5.74, 6) is 1.19. The van der Waals surface area contributed by atoms with Gasteiger partial charge in [-0.2, -0.15) is 5.10 Å². The summed E-state index contributed by atoms with van der Waals surface area (Å²) in [6.07, 6.45) is 0. The molecule has 5 nitrogen and oxygen atoms in total. The molecule has 1 heterocycles. The molecule has 0 spiro atoms. The molecular weight excluding hydrogens is 302 g/mol. The largest absolute Gasteiger partial charge is 0.508 e. The quantitative estimate of drug-likeness (QED) is 0.878. The lowest BCUT2D eigenvalue weighted by molar-refractivity contribution is 0.269. The first-order chi connectivity index (χ1) is 11.7. The monoisotopic (exact) mass is 325 g/mol. The Balaban J connectivity index is 1.64. The van der Waals surface area contributed by atoms with Crippen molar-refractivity contribution >= 4 is 11.4 Å². The van der Waals surface area contributed by atoms with Gasteiger partial charge in [0.1, 0.15) is 11.5 Å². The van der Waals surface area contributed by atoms with E-state index in [1.54, 1.807) is 19.2 Å². The summed E-state index contributed by atoms with van der Waals surface area (Å²) in [5.41, 5.74) is 3.12. The van der Waals surface area contributed by atoms with Gasteiger partial charge in [-0.1, -0.05) is 12.1 Å². The topological polar surface area (TPSA) is 48.3 Å². The van der Waals surface area contributed by atoms with Crippen molar-refractivity contribution < 1.29 is 9.84 Å². The van der Waals surface area contributed by atoms with Crippen molar-refractivity contribution in [3.8, 4) is 11.5 Å². The average molecular weight is 325 g/mol. The molecule has 0 amide bonds. The SMILES string of the molecule is COc1ccccc1N1CCN(N=C(C)c2ccc(O)cc2)CC1. The highest BCUT2D eigenvalue weighted by Crippen LogP contribution is 2.28. The van der Waals surface area contributed by atoms with Gasteiger partial charge in [-0.15, -0.1) is 0 Å². The number of phenolic OH excluding ortho intramolecular Hbond substituents is 1. The van der Waals surface area contributed by atoms with Crippen molar-refractivity contribution in [3.63, 3.8) is 0 Å². The molecule has 1 aliphatic heterocycles. The Hall–Kier alpha value is -2.69. The minimum absolute atomic E-state index is 0.275. The standard InChI is InChI=1S/C19H23N3O2/c1-15(16-7-9-17(23)10-8-16)20-22-13-11-21(12-14-22)18-5-3-4-6-19(18)24-2/h3-10,23H,11-14H2,1-2H3. The lowest BCUT2D eigenvalue weighted by Gasteiger charge is -2.35. The van der Waals surface area contributed by atoms with Crippen LogP contribution in [0.3, 0.4) is 0 Å². The second-order valence-corrected chi connectivity index (χ2v) is 5.84. The summed E-state index contributed by atoms with van der Waals surface area (Å²) in [6, 6.07) is 15.3. The summed E-state index contributed by atoms with van der Waals surface area (Å²) in [7, 11) is 1.71. The second kappa shape index (κ2) is 7.25. The Bertz CT molecular complexity index is 705. The number of rotatable bonds is 4. The van der Waals surface area contributed by atoms with E-state index in [9.17, 15) is 5.11 Å².